The highest BCUT2D eigenvalue weighted by molar-refractivity contribution is 5.65. The van der Waals surface area contributed by atoms with Crippen LogP contribution in [0, 0.1) is 13.8 Å². The van der Waals surface area contributed by atoms with Gasteiger partial charge < -0.3 is 0 Å². The quantitative estimate of drug-likeness (QED) is 0.625. The van der Waals surface area contributed by atoms with Crippen LogP contribution in [-0.2, 0) is 5.92 Å². The molecule has 0 aliphatic carbocycles. The number of fused-ring (bicyclic) bond motifs is 1. The van der Waals surface area contributed by atoms with E-state index < -0.39 is 23.6 Å². The van der Waals surface area contributed by atoms with E-state index in [1.54, 1.807) is 12.1 Å². The Hall–Kier alpha value is -2.44. The molecule has 0 fully saturated rings. The van der Waals surface area contributed by atoms with Gasteiger partial charge in [0.15, 0.2) is 5.65 Å². The lowest BCUT2D eigenvalue weighted by Gasteiger charge is -2.12. The summed E-state index contributed by atoms with van der Waals surface area (Å²) in [6.07, 6.45) is -1.97. The molecule has 24 heavy (non-hydrogen) atoms. The third-order valence-corrected chi connectivity index (χ3v) is 4.00. The Morgan fingerprint density at radius 1 is 1.08 bits per heavy atom. The van der Waals surface area contributed by atoms with E-state index in [9.17, 15) is 17.6 Å². The zero-order valence-corrected chi connectivity index (χ0v) is 13.3. The fraction of sp³-hybridized carbons (Fsp3) is 0.294. The Bertz CT molecular complexity index is 910. The van der Waals surface area contributed by atoms with Crippen molar-refractivity contribution in [2.45, 2.75) is 33.1 Å². The van der Waals surface area contributed by atoms with Crippen LogP contribution in [0.15, 0.2) is 30.5 Å². The molecule has 0 N–H and O–H groups in total. The van der Waals surface area contributed by atoms with Crippen molar-refractivity contribution in [1.82, 2.24) is 14.6 Å². The van der Waals surface area contributed by atoms with Crippen LogP contribution in [0.4, 0.5) is 17.6 Å². The average Bonchev–Trinajstić information content (AvgIpc) is 2.92. The first-order valence-electron chi connectivity index (χ1n) is 7.31. The van der Waals surface area contributed by atoms with E-state index in [-0.39, 0.29) is 11.3 Å². The minimum Gasteiger partial charge on any atom is -0.228 e. The highest BCUT2D eigenvalue weighted by atomic mass is 19.3. The minimum atomic E-state index is -3.23. The van der Waals surface area contributed by atoms with Crippen molar-refractivity contribution in [3.05, 3.63) is 52.8 Å². The lowest BCUT2D eigenvalue weighted by molar-refractivity contribution is 0.0188. The van der Waals surface area contributed by atoms with Crippen LogP contribution in [0.2, 0.25) is 0 Å². The van der Waals surface area contributed by atoms with Gasteiger partial charge in [-0.05, 0) is 37.1 Å². The maximum absolute atomic E-state index is 13.7. The smallest absolute Gasteiger partial charge is 0.228 e. The van der Waals surface area contributed by atoms with Crippen LogP contribution in [0.1, 0.15) is 35.7 Å². The molecule has 2 aromatic heterocycles. The zero-order valence-electron chi connectivity index (χ0n) is 13.3. The summed E-state index contributed by atoms with van der Waals surface area (Å²) in [7, 11) is 0. The Balaban J connectivity index is 2.30. The Morgan fingerprint density at radius 3 is 2.38 bits per heavy atom. The summed E-state index contributed by atoms with van der Waals surface area (Å²) in [6.45, 7) is 4.50. The van der Waals surface area contributed by atoms with E-state index in [0.717, 1.165) is 21.8 Å². The minimum absolute atomic E-state index is 0.215. The van der Waals surface area contributed by atoms with Gasteiger partial charge in [-0.3, -0.25) is 0 Å². The monoisotopic (exact) mass is 337 g/mol. The van der Waals surface area contributed by atoms with E-state index in [1.165, 1.54) is 6.07 Å². The third kappa shape index (κ3) is 2.74. The van der Waals surface area contributed by atoms with Crippen molar-refractivity contribution in [3.8, 4) is 11.3 Å². The second-order valence-corrected chi connectivity index (χ2v) is 5.85. The molecule has 0 radical (unpaired) electrons. The zero-order chi connectivity index (χ0) is 17.6. The molecule has 0 unspecified atom stereocenters. The van der Waals surface area contributed by atoms with Crippen molar-refractivity contribution < 1.29 is 17.6 Å². The first kappa shape index (κ1) is 16.4. The molecule has 1 aromatic carbocycles. The number of alkyl halides is 4. The lowest BCUT2D eigenvalue weighted by Crippen LogP contribution is -2.09. The standard InChI is InChI=1S/C17H15F4N3/c1-9-4-5-11(6-10(9)2)13-7-14(15(18)19)24-16(23-13)12(8-22-24)17(3,20)21/h4-8,15H,1-3H3. The number of rotatable bonds is 3. The van der Waals surface area contributed by atoms with Crippen LogP contribution in [0.25, 0.3) is 16.9 Å². The largest absolute Gasteiger partial charge is 0.280 e. The van der Waals surface area contributed by atoms with Crippen LogP contribution in [0.5, 0.6) is 0 Å². The SMILES string of the molecule is Cc1ccc(-c2cc(C(F)F)n3ncc(C(C)(F)F)c3n2)cc1C. The van der Waals surface area contributed by atoms with E-state index in [4.69, 9.17) is 0 Å². The summed E-state index contributed by atoms with van der Waals surface area (Å²) < 4.78 is 55.0. The predicted octanol–water partition coefficient (Wildman–Crippen LogP) is 5.06. The van der Waals surface area contributed by atoms with Gasteiger partial charge in [0, 0.05) is 12.5 Å². The lowest BCUT2D eigenvalue weighted by atomic mass is 10.0. The van der Waals surface area contributed by atoms with Crippen LogP contribution < -0.4 is 0 Å². The maximum Gasteiger partial charge on any atom is 0.280 e. The summed E-state index contributed by atoms with van der Waals surface area (Å²) in [6, 6.07) is 6.55. The first-order chi connectivity index (χ1) is 11.2. The normalized spacial score (nSPS) is 12.3. The van der Waals surface area contributed by atoms with Crippen molar-refractivity contribution in [3.63, 3.8) is 0 Å². The van der Waals surface area contributed by atoms with E-state index in [2.05, 4.69) is 10.1 Å². The van der Waals surface area contributed by atoms with E-state index in [0.29, 0.717) is 12.5 Å². The molecular formula is C17H15F4N3. The fourth-order valence-corrected chi connectivity index (χ4v) is 2.50. The number of aromatic nitrogens is 3. The molecule has 0 bridgehead atoms. The van der Waals surface area contributed by atoms with Gasteiger partial charge in [-0.2, -0.15) is 5.10 Å². The van der Waals surface area contributed by atoms with Crippen LogP contribution in [0.3, 0.4) is 0 Å². The number of aryl methyl sites for hydroxylation is 2. The van der Waals surface area contributed by atoms with Gasteiger partial charge in [-0.1, -0.05) is 12.1 Å². The fourth-order valence-electron chi connectivity index (χ4n) is 2.50. The number of benzene rings is 1. The Morgan fingerprint density at radius 2 is 1.79 bits per heavy atom. The molecule has 7 heteroatoms. The second-order valence-electron chi connectivity index (χ2n) is 5.85. The second kappa shape index (κ2) is 5.58. The summed E-state index contributed by atoms with van der Waals surface area (Å²) in [4.78, 5) is 4.17. The molecular weight excluding hydrogens is 322 g/mol. The number of hydrogen-bond donors (Lipinski definition) is 0. The third-order valence-electron chi connectivity index (χ3n) is 4.00. The van der Waals surface area contributed by atoms with E-state index in [1.807, 2.05) is 19.9 Å². The number of nitrogens with zero attached hydrogens (tertiary/aromatic N) is 3. The molecule has 2 heterocycles. The molecule has 3 aromatic rings. The molecule has 0 amide bonds. The number of hydrogen-bond acceptors (Lipinski definition) is 2. The highest BCUT2D eigenvalue weighted by Crippen LogP contribution is 2.33. The number of halogens is 4. The molecule has 126 valence electrons. The first-order valence-corrected chi connectivity index (χ1v) is 7.31. The summed E-state index contributed by atoms with van der Waals surface area (Å²) >= 11 is 0. The molecule has 3 rings (SSSR count). The van der Waals surface area contributed by atoms with E-state index >= 15 is 0 Å². The average molecular weight is 337 g/mol. The maximum atomic E-state index is 13.7. The Labute approximate surface area is 136 Å². The van der Waals surface area contributed by atoms with Gasteiger partial charge in [0.25, 0.3) is 12.3 Å². The summed E-state index contributed by atoms with van der Waals surface area (Å²) in [5, 5.41) is 3.67. The Kier molecular flexibility index (Phi) is 3.81. The summed E-state index contributed by atoms with van der Waals surface area (Å²) in [5.41, 5.74) is 1.61. The molecule has 0 saturated carbocycles. The molecule has 0 aliphatic rings. The van der Waals surface area contributed by atoms with Gasteiger partial charge in [0.2, 0.25) is 0 Å². The molecule has 0 saturated heterocycles. The highest BCUT2D eigenvalue weighted by Gasteiger charge is 2.31. The van der Waals surface area contributed by atoms with Crippen molar-refractivity contribution >= 4 is 5.65 Å². The molecule has 0 spiro atoms. The van der Waals surface area contributed by atoms with Crippen molar-refractivity contribution in [1.29, 1.82) is 0 Å². The van der Waals surface area contributed by atoms with Gasteiger partial charge in [-0.15, -0.1) is 0 Å². The van der Waals surface area contributed by atoms with Crippen LogP contribution >= 0.6 is 0 Å². The molecule has 0 aliphatic heterocycles. The van der Waals surface area contributed by atoms with Crippen molar-refractivity contribution in [2.24, 2.45) is 0 Å². The molecule has 0 atom stereocenters. The predicted molar refractivity (Wildman–Crippen MR) is 82.4 cm³/mol. The summed E-state index contributed by atoms with van der Waals surface area (Å²) in [5.74, 6) is -3.23. The van der Waals surface area contributed by atoms with Gasteiger partial charge >= 0.3 is 0 Å². The van der Waals surface area contributed by atoms with Gasteiger partial charge in [-0.25, -0.2) is 27.1 Å². The van der Waals surface area contributed by atoms with Crippen molar-refractivity contribution in [2.75, 3.05) is 0 Å². The van der Waals surface area contributed by atoms with Gasteiger partial charge in [0.05, 0.1) is 17.5 Å². The van der Waals surface area contributed by atoms with Gasteiger partial charge in [0.1, 0.15) is 5.69 Å². The molecule has 3 nitrogen and oxygen atoms in total. The van der Waals surface area contributed by atoms with Crippen LogP contribution in [-0.4, -0.2) is 14.6 Å². The topological polar surface area (TPSA) is 30.2 Å².